The first-order valence-corrected chi connectivity index (χ1v) is 6.82. The van der Waals surface area contributed by atoms with E-state index in [0.717, 1.165) is 30.5 Å². The maximum Gasteiger partial charge on any atom is 0.226 e. The summed E-state index contributed by atoms with van der Waals surface area (Å²) in [6, 6.07) is 0.318. The van der Waals surface area contributed by atoms with Crippen molar-refractivity contribution < 1.29 is 4.52 Å². The van der Waals surface area contributed by atoms with Crippen LogP contribution in [0.15, 0.2) is 4.52 Å². The molecule has 2 saturated carbocycles. The van der Waals surface area contributed by atoms with E-state index in [9.17, 15) is 0 Å². The first-order chi connectivity index (χ1) is 8.24. The smallest absolute Gasteiger partial charge is 0.226 e. The Hall–Kier alpha value is -0.900. The number of aromatic nitrogens is 2. The fraction of sp³-hybridized carbons (Fsp3) is 0.846. The first-order valence-electron chi connectivity index (χ1n) is 6.82. The van der Waals surface area contributed by atoms with Crippen LogP contribution in [-0.2, 0) is 6.42 Å². The van der Waals surface area contributed by atoms with Crippen molar-refractivity contribution in [2.45, 2.75) is 57.4 Å². The zero-order chi connectivity index (χ0) is 11.8. The maximum atomic E-state index is 6.14. The normalized spacial score (nSPS) is 37.1. The molecule has 2 N–H and O–H groups in total. The SMILES string of the molecule is CC1CC1c1noc(CC2CCCCC2N)n1. The van der Waals surface area contributed by atoms with E-state index in [-0.39, 0.29) is 0 Å². The Morgan fingerprint density at radius 3 is 2.82 bits per heavy atom. The topological polar surface area (TPSA) is 64.9 Å². The lowest BCUT2D eigenvalue weighted by Crippen LogP contribution is -2.34. The first kappa shape index (κ1) is 11.2. The quantitative estimate of drug-likeness (QED) is 0.872. The molecule has 3 rings (SSSR count). The summed E-state index contributed by atoms with van der Waals surface area (Å²) in [4.78, 5) is 4.52. The van der Waals surface area contributed by atoms with Crippen molar-refractivity contribution in [3.63, 3.8) is 0 Å². The largest absolute Gasteiger partial charge is 0.339 e. The number of nitrogens with zero attached hydrogens (tertiary/aromatic N) is 2. The summed E-state index contributed by atoms with van der Waals surface area (Å²) in [7, 11) is 0. The monoisotopic (exact) mass is 235 g/mol. The molecular weight excluding hydrogens is 214 g/mol. The maximum absolute atomic E-state index is 6.14. The van der Waals surface area contributed by atoms with Gasteiger partial charge >= 0.3 is 0 Å². The van der Waals surface area contributed by atoms with Gasteiger partial charge in [-0.15, -0.1) is 0 Å². The average Bonchev–Trinajstić information content (AvgIpc) is 2.88. The lowest BCUT2D eigenvalue weighted by Gasteiger charge is -2.27. The van der Waals surface area contributed by atoms with Gasteiger partial charge in [-0.05, 0) is 31.1 Å². The summed E-state index contributed by atoms with van der Waals surface area (Å²) >= 11 is 0. The van der Waals surface area contributed by atoms with Crippen molar-refractivity contribution in [1.29, 1.82) is 0 Å². The zero-order valence-electron chi connectivity index (χ0n) is 10.4. The molecule has 0 bridgehead atoms. The van der Waals surface area contributed by atoms with E-state index >= 15 is 0 Å². The van der Waals surface area contributed by atoms with Gasteiger partial charge in [-0.2, -0.15) is 4.98 Å². The van der Waals surface area contributed by atoms with Crippen LogP contribution in [0.4, 0.5) is 0 Å². The Morgan fingerprint density at radius 2 is 2.12 bits per heavy atom. The number of hydrogen-bond donors (Lipinski definition) is 1. The van der Waals surface area contributed by atoms with Crippen LogP contribution in [0.2, 0.25) is 0 Å². The van der Waals surface area contributed by atoms with Crippen molar-refractivity contribution in [2.24, 2.45) is 17.6 Å². The molecule has 4 nitrogen and oxygen atoms in total. The van der Waals surface area contributed by atoms with Gasteiger partial charge in [-0.3, -0.25) is 0 Å². The van der Waals surface area contributed by atoms with Crippen molar-refractivity contribution >= 4 is 0 Å². The molecule has 2 fully saturated rings. The van der Waals surface area contributed by atoms with Crippen LogP contribution < -0.4 is 5.73 Å². The fourth-order valence-electron chi connectivity index (χ4n) is 2.90. The van der Waals surface area contributed by atoms with Gasteiger partial charge < -0.3 is 10.3 Å². The molecule has 2 aliphatic rings. The van der Waals surface area contributed by atoms with Crippen LogP contribution in [-0.4, -0.2) is 16.2 Å². The Kier molecular flexibility index (Phi) is 2.90. The standard InChI is InChI=1S/C13H21N3O/c1-8-6-10(8)13-15-12(17-16-13)7-9-4-2-3-5-11(9)14/h8-11H,2-7,14H2,1H3. The third-order valence-electron chi connectivity index (χ3n) is 4.33. The second-order valence-electron chi connectivity index (χ2n) is 5.78. The van der Waals surface area contributed by atoms with Gasteiger partial charge in [0, 0.05) is 18.4 Å². The third kappa shape index (κ3) is 2.37. The predicted molar refractivity (Wildman–Crippen MR) is 64.5 cm³/mol. The highest BCUT2D eigenvalue weighted by molar-refractivity contribution is 5.07. The van der Waals surface area contributed by atoms with Crippen LogP contribution in [0.3, 0.4) is 0 Å². The van der Waals surface area contributed by atoms with Gasteiger partial charge in [-0.1, -0.05) is 24.9 Å². The van der Waals surface area contributed by atoms with Crippen LogP contribution in [0, 0.1) is 11.8 Å². The summed E-state index contributed by atoms with van der Waals surface area (Å²) in [5.74, 6) is 3.52. The van der Waals surface area contributed by atoms with E-state index in [2.05, 4.69) is 17.1 Å². The minimum atomic E-state index is 0.318. The van der Waals surface area contributed by atoms with Gasteiger partial charge in [0.2, 0.25) is 5.89 Å². The van der Waals surface area contributed by atoms with E-state index in [1.54, 1.807) is 0 Å². The molecule has 0 aromatic carbocycles. The summed E-state index contributed by atoms with van der Waals surface area (Å²) in [5.41, 5.74) is 6.14. The number of hydrogen-bond acceptors (Lipinski definition) is 4. The zero-order valence-corrected chi connectivity index (χ0v) is 10.4. The van der Waals surface area contributed by atoms with Crippen LogP contribution in [0.5, 0.6) is 0 Å². The minimum absolute atomic E-state index is 0.318. The van der Waals surface area contributed by atoms with Crippen LogP contribution >= 0.6 is 0 Å². The van der Waals surface area contributed by atoms with Gasteiger partial charge in [0.05, 0.1) is 0 Å². The minimum Gasteiger partial charge on any atom is -0.339 e. The summed E-state index contributed by atoms with van der Waals surface area (Å²) in [5, 5.41) is 4.09. The van der Waals surface area contributed by atoms with Crippen molar-refractivity contribution in [3.8, 4) is 0 Å². The fourth-order valence-corrected chi connectivity index (χ4v) is 2.90. The van der Waals surface area contributed by atoms with Crippen molar-refractivity contribution in [2.75, 3.05) is 0 Å². The number of nitrogens with two attached hydrogens (primary N) is 1. The molecule has 4 unspecified atom stereocenters. The summed E-state index contributed by atoms with van der Waals surface area (Å²) in [6.07, 6.45) is 6.99. The van der Waals surface area contributed by atoms with E-state index in [1.165, 1.54) is 25.7 Å². The summed E-state index contributed by atoms with van der Waals surface area (Å²) in [6.45, 7) is 2.23. The molecule has 0 spiro atoms. The molecule has 0 aliphatic heterocycles. The molecule has 94 valence electrons. The average molecular weight is 235 g/mol. The van der Waals surface area contributed by atoms with Gasteiger partial charge in [0.15, 0.2) is 5.82 Å². The molecule has 0 saturated heterocycles. The molecule has 0 amide bonds. The molecular formula is C13H21N3O. The van der Waals surface area contributed by atoms with E-state index in [0.29, 0.717) is 17.9 Å². The lowest BCUT2D eigenvalue weighted by molar-refractivity contribution is 0.272. The molecule has 1 heterocycles. The van der Waals surface area contributed by atoms with Gasteiger partial charge in [0.25, 0.3) is 0 Å². The molecule has 4 heteroatoms. The lowest BCUT2D eigenvalue weighted by atomic mass is 9.83. The molecule has 2 aliphatic carbocycles. The van der Waals surface area contributed by atoms with E-state index < -0.39 is 0 Å². The molecule has 1 aromatic rings. The van der Waals surface area contributed by atoms with Gasteiger partial charge in [0.1, 0.15) is 0 Å². The predicted octanol–water partition coefficient (Wildman–Crippen LogP) is 2.25. The summed E-state index contributed by atoms with van der Waals surface area (Å²) < 4.78 is 5.35. The van der Waals surface area contributed by atoms with Crippen molar-refractivity contribution in [1.82, 2.24) is 10.1 Å². The van der Waals surface area contributed by atoms with E-state index in [1.807, 2.05) is 0 Å². The molecule has 4 atom stereocenters. The Labute approximate surface area is 102 Å². The second kappa shape index (κ2) is 4.41. The van der Waals surface area contributed by atoms with Crippen molar-refractivity contribution in [3.05, 3.63) is 11.7 Å². The van der Waals surface area contributed by atoms with Crippen LogP contribution in [0.1, 0.15) is 56.7 Å². The Balaban J connectivity index is 1.62. The molecule has 17 heavy (non-hydrogen) atoms. The van der Waals surface area contributed by atoms with Gasteiger partial charge in [-0.25, -0.2) is 0 Å². The highest BCUT2D eigenvalue weighted by atomic mass is 16.5. The van der Waals surface area contributed by atoms with E-state index in [4.69, 9.17) is 10.3 Å². The van der Waals surface area contributed by atoms with Crippen LogP contribution in [0.25, 0.3) is 0 Å². The third-order valence-corrected chi connectivity index (χ3v) is 4.33. The number of rotatable bonds is 3. The molecule has 1 aromatic heterocycles. The Bertz CT molecular complexity index is 390. The Morgan fingerprint density at radius 1 is 1.35 bits per heavy atom. The second-order valence-corrected chi connectivity index (χ2v) is 5.78. The highest BCUT2D eigenvalue weighted by Crippen LogP contribution is 2.45. The molecule has 0 radical (unpaired) electrons. The highest BCUT2D eigenvalue weighted by Gasteiger charge is 2.38.